The fourth-order valence-electron chi connectivity index (χ4n) is 2.66. The standard InChI is InChI=1S/C15H22N2O2/c1-12(2)5-9-16-10-6-13(7-11-16)17-8-3-4-14(17)15(18)19/h3-4,8,13H,1,5-7,9-11H2,2H3,(H,18,19). The molecule has 0 spiro atoms. The van der Waals surface area contributed by atoms with Crippen LogP contribution in [0.25, 0.3) is 0 Å². The van der Waals surface area contributed by atoms with Gasteiger partial charge in [-0.3, -0.25) is 0 Å². The molecule has 0 atom stereocenters. The Balaban J connectivity index is 1.91. The molecule has 1 aromatic heterocycles. The summed E-state index contributed by atoms with van der Waals surface area (Å²) in [6.45, 7) is 9.13. The SMILES string of the molecule is C=C(C)CCN1CCC(n2cccc2C(=O)O)CC1. The minimum Gasteiger partial charge on any atom is -0.477 e. The highest BCUT2D eigenvalue weighted by Crippen LogP contribution is 2.24. The van der Waals surface area contributed by atoms with Crippen LogP contribution in [0, 0.1) is 0 Å². The summed E-state index contributed by atoms with van der Waals surface area (Å²) < 4.78 is 1.92. The van der Waals surface area contributed by atoms with Gasteiger partial charge in [0, 0.05) is 31.9 Å². The number of carboxylic acid groups (broad SMARTS) is 1. The van der Waals surface area contributed by atoms with E-state index in [-0.39, 0.29) is 0 Å². The van der Waals surface area contributed by atoms with Crippen LogP contribution < -0.4 is 0 Å². The van der Waals surface area contributed by atoms with Crippen molar-refractivity contribution in [1.82, 2.24) is 9.47 Å². The molecular weight excluding hydrogens is 240 g/mol. The number of aromatic carboxylic acids is 1. The van der Waals surface area contributed by atoms with Crippen LogP contribution in [-0.2, 0) is 0 Å². The van der Waals surface area contributed by atoms with Gasteiger partial charge in [-0.25, -0.2) is 4.79 Å². The maximum absolute atomic E-state index is 11.1. The van der Waals surface area contributed by atoms with Crippen molar-refractivity contribution in [2.45, 2.75) is 32.2 Å². The van der Waals surface area contributed by atoms with Crippen molar-refractivity contribution in [2.24, 2.45) is 0 Å². The highest BCUT2D eigenvalue weighted by atomic mass is 16.4. The molecule has 19 heavy (non-hydrogen) atoms. The first-order chi connectivity index (χ1) is 9.08. The van der Waals surface area contributed by atoms with Gasteiger partial charge in [0.2, 0.25) is 0 Å². The van der Waals surface area contributed by atoms with Crippen molar-refractivity contribution in [2.75, 3.05) is 19.6 Å². The zero-order valence-electron chi connectivity index (χ0n) is 11.5. The predicted octanol–water partition coefficient (Wildman–Crippen LogP) is 2.79. The first-order valence-corrected chi connectivity index (χ1v) is 6.85. The van der Waals surface area contributed by atoms with Crippen LogP contribution in [0.15, 0.2) is 30.5 Å². The average molecular weight is 262 g/mol. The molecular formula is C15H22N2O2. The molecule has 0 radical (unpaired) electrons. The lowest BCUT2D eigenvalue weighted by Gasteiger charge is -2.33. The molecule has 0 amide bonds. The first-order valence-electron chi connectivity index (χ1n) is 6.85. The minimum atomic E-state index is -0.838. The van der Waals surface area contributed by atoms with Crippen LogP contribution in [0.5, 0.6) is 0 Å². The van der Waals surface area contributed by atoms with Gasteiger partial charge in [0.25, 0.3) is 0 Å². The third-order valence-corrected chi connectivity index (χ3v) is 3.80. The number of carboxylic acids is 1. The summed E-state index contributed by atoms with van der Waals surface area (Å²) in [5.74, 6) is -0.838. The Kier molecular flexibility index (Phi) is 4.43. The molecule has 2 rings (SSSR count). The first kappa shape index (κ1) is 13.9. The van der Waals surface area contributed by atoms with E-state index in [0.29, 0.717) is 11.7 Å². The van der Waals surface area contributed by atoms with Crippen LogP contribution in [0.4, 0.5) is 0 Å². The Morgan fingerprint density at radius 2 is 2.16 bits per heavy atom. The highest BCUT2D eigenvalue weighted by Gasteiger charge is 2.22. The number of aromatic nitrogens is 1. The van der Waals surface area contributed by atoms with E-state index in [0.717, 1.165) is 38.9 Å². The van der Waals surface area contributed by atoms with E-state index in [1.807, 2.05) is 16.8 Å². The number of nitrogens with zero attached hydrogens (tertiary/aromatic N) is 2. The van der Waals surface area contributed by atoms with Gasteiger partial charge in [0.1, 0.15) is 5.69 Å². The van der Waals surface area contributed by atoms with Crippen molar-refractivity contribution in [3.63, 3.8) is 0 Å². The fourth-order valence-corrected chi connectivity index (χ4v) is 2.66. The van der Waals surface area contributed by atoms with E-state index >= 15 is 0 Å². The third kappa shape index (κ3) is 3.47. The lowest BCUT2D eigenvalue weighted by Crippen LogP contribution is -2.35. The molecule has 1 aliphatic rings. The second-order valence-corrected chi connectivity index (χ2v) is 5.39. The molecule has 0 unspecified atom stereocenters. The van der Waals surface area contributed by atoms with E-state index in [1.165, 1.54) is 5.57 Å². The van der Waals surface area contributed by atoms with Crippen molar-refractivity contribution in [1.29, 1.82) is 0 Å². The van der Waals surface area contributed by atoms with E-state index in [2.05, 4.69) is 18.4 Å². The average Bonchev–Trinajstić information content (AvgIpc) is 2.86. The second-order valence-electron chi connectivity index (χ2n) is 5.39. The summed E-state index contributed by atoms with van der Waals surface area (Å²) in [6.07, 6.45) is 4.97. The zero-order valence-corrected chi connectivity index (χ0v) is 11.5. The van der Waals surface area contributed by atoms with Crippen LogP contribution in [0.1, 0.15) is 42.7 Å². The lowest BCUT2D eigenvalue weighted by atomic mass is 10.0. The molecule has 1 fully saturated rings. The van der Waals surface area contributed by atoms with Crippen molar-refractivity contribution < 1.29 is 9.90 Å². The molecule has 0 aromatic carbocycles. The maximum Gasteiger partial charge on any atom is 0.352 e. The molecule has 0 aliphatic carbocycles. The van der Waals surface area contributed by atoms with Crippen LogP contribution in [-0.4, -0.2) is 40.2 Å². The maximum atomic E-state index is 11.1. The minimum absolute atomic E-state index is 0.321. The van der Waals surface area contributed by atoms with Crippen LogP contribution in [0.2, 0.25) is 0 Å². The lowest BCUT2D eigenvalue weighted by molar-refractivity contribution is 0.0678. The van der Waals surface area contributed by atoms with Crippen LogP contribution >= 0.6 is 0 Å². The zero-order chi connectivity index (χ0) is 13.8. The molecule has 1 saturated heterocycles. The monoisotopic (exact) mass is 262 g/mol. The summed E-state index contributed by atoms with van der Waals surface area (Å²) in [6, 6.07) is 3.81. The van der Waals surface area contributed by atoms with E-state index < -0.39 is 5.97 Å². The molecule has 2 heterocycles. The van der Waals surface area contributed by atoms with Gasteiger partial charge >= 0.3 is 5.97 Å². The molecule has 0 saturated carbocycles. The van der Waals surface area contributed by atoms with Crippen molar-refractivity contribution >= 4 is 5.97 Å². The van der Waals surface area contributed by atoms with Gasteiger partial charge < -0.3 is 14.6 Å². The number of rotatable bonds is 5. The third-order valence-electron chi connectivity index (χ3n) is 3.80. The Labute approximate surface area is 114 Å². The number of carbonyl (C=O) groups is 1. The van der Waals surface area contributed by atoms with Gasteiger partial charge in [-0.15, -0.1) is 6.58 Å². The molecule has 1 aromatic rings. The predicted molar refractivity (Wildman–Crippen MR) is 75.5 cm³/mol. The molecule has 4 heteroatoms. The van der Waals surface area contributed by atoms with Gasteiger partial charge in [-0.05, 0) is 38.3 Å². The van der Waals surface area contributed by atoms with E-state index in [9.17, 15) is 4.79 Å². The Hall–Kier alpha value is -1.55. The highest BCUT2D eigenvalue weighted by molar-refractivity contribution is 5.85. The largest absolute Gasteiger partial charge is 0.477 e. The Morgan fingerprint density at radius 1 is 1.47 bits per heavy atom. The molecule has 1 aliphatic heterocycles. The second kappa shape index (κ2) is 6.06. The number of hydrogen-bond donors (Lipinski definition) is 1. The number of hydrogen-bond acceptors (Lipinski definition) is 2. The van der Waals surface area contributed by atoms with E-state index in [4.69, 9.17) is 5.11 Å². The smallest absolute Gasteiger partial charge is 0.352 e. The van der Waals surface area contributed by atoms with Crippen molar-refractivity contribution in [3.05, 3.63) is 36.2 Å². The van der Waals surface area contributed by atoms with Gasteiger partial charge in [0.15, 0.2) is 0 Å². The van der Waals surface area contributed by atoms with Crippen LogP contribution in [0.3, 0.4) is 0 Å². The number of likely N-dealkylation sites (tertiary alicyclic amines) is 1. The van der Waals surface area contributed by atoms with E-state index in [1.54, 1.807) is 6.07 Å². The topological polar surface area (TPSA) is 45.5 Å². The summed E-state index contributed by atoms with van der Waals surface area (Å²) in [4.78, 5) is 13.6. The molecule has 1 N–H and O–H groups in total. The quantitative estimate of drug-likeness (QED) is 0.830. The fraction of sp³-hybridized carbons (Fsp3) is 0.533. The molecule has 4 nitrogen and oxygen atoms in total. The summed E-state index contributed by atoms with van der Waals surface area (Å²) in [7, 11) is 0. The normalized spacial score (nSPS) is 17.5. The summed E-state index contributed by atoms with van der Waals surface area (Å²) >= 11 is 0. The van der Waals surface area contributed by atoms with Crippen molar-refractivity contribution in [3.8, 4) is 0 Å². The molecule has 0 bridgehead atoms. The number of piperidine rings is 1. The van der Waals surface area contributed by atoms with Gasteiger partial charge in [-0.2, -0.15) is 0 Å². The summed E-state index contributed by atoms with van der Waals surface area (Å²) in [5, 5.41) is 9.14. The Bertz CT molecular complexity index is 456. The van der Waals surface area contributed by atoms with Gasteiger partial charge in [0.05, 0.1) is 0 Å². The van der Waals surface area contributed by atoms with Gasteiger partial charge in [-0.1, -0.05) is 5.57 Å². The summed E-state index contributed by atoms with van der Waals surface area (Å²) in [5.41, 5.74) is 1.63. The molecule has 104 valence electrons. The Morgan fingerprint density at radius 3 is 2.74 bits per heavy atom.